The van der Waals surface area contributed by atoms with Gasteiger partial charge in [0.15, 0.2) is 0 Å². The number of para-hydroxylation sites is 1. The highest BCUT2D eigenvalue weighted by Gasteiger charge is 2.25. The Kier molecular flexibility index (Phi) is 4.12. The lowest BCUT2D eigenvalue weighted by molar-refractivity contribution is 0.170. The largest absolute Gasteiger partial charge is 0.325 e. The van der Waals surface area contributed by atoms with Crippen molar-refractivity contribution < 1.29 is 0 Å². The van der Waals surface area contributed by atoms with E-state index in [-0.39, 0.29) is 10.9 Å². The molecule has 0 N–H and O–H groups in total. The SMILES string of the molecule is Cc1cccc2nc(C(C)Cl)n(CC(C)(C)N(C)C)c12. The number of hydrogen-bond acceptors (Lipinski definition) is 2. The Morgan fingerprint density at radius 3 is 2.55 bits per heavy atom. The second-order valence-electron chi connectivity index (χ2n) is 6.32. The Balaban J connectivity index is 2.63. The quantitative estimate of drug-likeness (QED) is 0.795. The number of benzene rings is 1. The lowest BCUT2D eigenvalue weighted by Gasteiger charge is -2.34. The first-order valence-electron chi connectivity index (χ1n) is 7.01. The summed E-state index contributed by atoms with van der Waals surface area (Å²) in [6, 6.07) is 6.24. The molecule has 0 saturated carbocycles. The smallest absolute Gasteiger partial charge is 0.127 e. The van der Waals surface area contributed by atoms with Crippen molar-refractivity contribution in [1.29, 1.82) is 0 Å². The number of halogens is 1. The lowest BCUT2D eigenvalue weighted by Crippen LogP contribution is -2.42. The van der Waals surface area contributed by atoms with Crippen LogP contribution in [0.25, 0.3) is 11.0 Å². The molecule has 0 spiro atoms. The zero-order valence-corrected chi connectivity index (χ0v) is 14.0. The maximum atomic E-state index is 6.34. The second-order valence-corrected chi connectivity index (χ2v) is 6.98. The van der Waals surface area contributed by atoms with Crippen LogP contribution in [0.1, 0.15) is 37.5 Å². The molecule has 0 amide bonds. The van der Waals surface area contributed by atoms with Gasteiger partial charge in [-0.1, -0.05) is 12.1 Å². The van der Waals surface area contributed by atoms with Crippen molar-refractivity contribution in [3.05, 3.63) is 29.6 Å². The number of likely N-dealkylation sites (N-methyl/N-ethyl adjacent to an activating group) is 1. The Morgan fingerprint density at radius 2 is 2.00 bits per heavy atom. The van der Waals surface area contributed by atoms with E-state index in [9.17, 15) is 0 Å². The van der Waals surface area contributed by atoms with Gasteiger partial charge in [-0.05, 0) is 53.4 Å². The molecule has 110 valence electrons. The van der Waals surface area contributed by atoms with Crippen LogP contribution < -0.4 is 0 Å². The minimum atomic E-state index is -0.0974. The average Bonchev–Trinajstić information content (AvgIpc) is 2.68. The molecule has 0 bridgehead atoms. The van der Waals surface area contributed by atoms with Gasteiger partial charge >= 0.3 is 0 Å². The van der Waals surface area contributed by atoms with E-state index in [1.165, 1.54) is 11.1 Å². The van der Waals surface area contributed by atoms with E-state index in [0.29, 0.717) is 0 Å². The zero-order chi connectivity index (χ0) is 15.1. The first-order chi connectivity index (χ1) is 9.24. The molecule has 1 unspecified atom stereocenters. The maximum Gasteiger partial charge on any atom is 0.127 e. The number of imidazole rings is 1. The van der Waals surface area contributed by atoms with Gasteiger partial charge in [0.05, 0.1) is 16.4 Å². The molecule has 3 nitrogen and oxygen atoms in total. The molecule has 0 radical (unpaired) electrons. The Morgan fingerprint density at radius 1 is 1.35 bits per heavy atom. The average molecular weight is 294 g/mol. The predicted molar refractivity (Wildman–Crippen MR) is 86.5 cm³/mol. The minimum absolute atomic E-state index is 0.0381. The van der Waals surface area contributed by atoms with E-state index in [1.54, 1.807) is 0 Å². The summed E-state index contributed by atoms with van der Waals surface area (Å²) in [5.41, 5.74) is 3.51. The molecule has 0 saturated heterocycles. The number of aryl methyl sites for hydroxylation is 1. The summed E-state index contributed by atoms with van der Waals surface area (Å²) in [6.07, 6.45) is 0. The summed E-state index contributed by atoms with van der Waals surface area (Å²) < 4.78 is 2.28. The van der Waals surface area contributed by atoms with Gasteiger partial charge < -0.3 is 9.47 Å². The highest BCUT2D eigenvalue weighted by atomic mass is 35.5. The topological polar surface area (TPSA) is 21.1 Å². The molecular formula is C16H24ClN3. The fraction of sp³-hybridized carbons (Fsp3) is 0.562. The summed E-state index contributed by atoms with van der Waals surface area (Å²) >= 11 is 6.34. The first-order valence-corrected chi connectivity index (χ1v) is 7.45. The van der Waals surface area contributed by atoms with Crippen LogP contribution in [0.4, 0.5) is 0 Å². The number of nitrogens with zero attached hydrogens (tertiary/aromatic N) is 3. The normalized spacial score (nSPS) is 14.2. The molecule has 4 heteroatoms. The van der Waals surface area contributed by atoms with Crippen LogP contribution in [0.3, 0.4) is 0 Å². The van der Waals surface area contributed by atoms with Crippen LogP contribution in [-0.2, 0) is 6.54 Å². The van der Waals surface area contributed by atoms with Gasteiger partial charge in [0.25, 0.3) is 0 Å². The molecule has 0 aliphatic rings. The molecule has 0 aliphatic carbocycles. The Labute approximate surface area is 126 Å². The summed E-state index contributed by atoms with van der Waals surface area (Å²) in [5.74, 6) is 0.950. The highest BCUT2D eigenvalue weighted by molar-refractivity contribution is 6.20. The highest BCUT2D eigenvalue weighted by Crippen LogP contribution is 2.29. The van der Waals surface area contributed by atoms with Crippen molar-refractivity contribution in [3.8, 4) is 0 Å². The van der Waals surface area contributed by atoms with Gasteiger partial charge in [0.1, 0.15) is 5.82 Å². The Hall–Kier alpha value is -1.06. The van der Waals surface area contributed by atoms with Crippen molar-refractivity contribution in [2.24, 2.45) is 0 Å². The molecule has 1 aromatic heterocycles. The van der Waals surface area contributed by atoms with Crippen molar-refractivity contribution >= 4 is 22.6 Å². The molecular weight excluding hydrogens is 270 g/mol. The number of alkyl halides is 1. The third kappa shape index (κ3) is 2.70. The molecule has 2 rings (SSSR count). The van der Waals surface area contributed by atoms with E-state index in [2.05, 4.69) is 62.5 Å². The number of hydrogen-bond donors (Lipinski definition) is 0. The van der Waals surface area contributed by atoms with Crippen LogP contribution in [0.2, 0.25) is 0 Å². The summed E-state index contributed by atoms with van der Waals surface area (Å²) in [7, 11) is 4.21. The monoisotopic (exact) mass is 293 g/mol. The Bertz CT molecular complexity index is 611. The van der Waals surface area contributed by atoms with E-state index in [4.69, 9.17) is 16.6 Å². The van der Waals surface area contributed by atoms with Gasteiger partial charge in [0, 0.05) is 12.1 Å². The van der Waals surface area contributed by atoms with Gasteiger partial charge in [-0.15, -0.1) is 11.6 Å². The van der Waals surface area contributed by atoms with Crippen molar-refractivity contribution in [2.75, 3.05) is 14.1 Å². The predicted octanol–water partition coefficient (Wildman–Crippen LogP) is 3.98. The lowest BCUT2D eigenvalue weighted by atomic mass is 10.0. The first kappa shape index (κ1) is 15.3. The fourth-order valence-electron chi connectivity index (χ4n) is 2.38. The van der Waals surface area contributed by atoms with E-state index in [0.717, 1.165) is 17.9 Å². The van der Waals surface area contributed by atoms with E-state index >= 15 is 0 Å². The van der Waals surface area contributed by atoms with Gasteiger partial charge in [-0.25, -0.2) is 4.98 Å². The number of aromatic nitrogens is 2. The second kappa shape index (κ2) is 5.38. The van der Waals surface area contributed by atoms with Crippen LogP contribution >= 0.6 is 11.6 Å². The third-order valence-electron chi connectivity index (χ3n) is 4.11. The standard InChI is InChI=1S/C16H24ClN3/c1-11-8-7-9-13-14(11)20(15(18-13)12(2)17)10-16(3,4)19(5)6/h7-9,12H,10H2,1-6H3. The molecule has 1 heterocycles. The van der Waals surface area contributed by atoms with Crippen LogP contribution in [0.5, 0.6) is 0 Å². The third-order valence-corrected chi connectivity index (χ3v) is 4.30. The van der Waals surface area contributed by atoms with Crippen molar-refractivity contribution in [1.82, 2.24) is 14.5 Å². The van der Waals surface area contributed by atoms with Gasteiger partial charge in [0.2, 0.25) is 0 Å². The summed E-state index contributed by atoms with van der Waals surface area (Å²) in [4.78, 5) is 6.96. The van der Waals surface area contributed by atoms with Gasteiger partial charge in [-0.3, -0.25) is 0 Å². The zero-order valence-electron chi connectivity index (χ0n) is 13.2. The molecule has 2 aromatic rings. The molecule has 1 atom stereocenters. The fourth-order valence-corrected chi connectivity index (χ4v) is 2.54. The summed E-state index contributed by atoms with van der Waals surface area (Å²) in [6.45, 7) is 9.45. The van der Waals surface area contributed by atoms with E-state index < -0.39 is 0 Å². The van der Waals surface area contributed by atoms with Crippen LogP contribution in [0.15, 0.2) is 18.2 Å². The van der Waals surface area contributed by atoms with Crippen LogP contribution in [0, 0.1) is 6.92 Å². The molecule has 0 aliphatic heterocycles. The maximum absolute atomic E-state index is 6.34. The van der Waals surface area contributed by atoms with E-state index in [1.807, 2.05) is 6.92 Å². The van der Waals surface area contributed by atoms with Crippen molar-refractivity contribution in [2.45, 2.75) is 45.2 Å². The van der Waals surface area contributed by atoms with Crippen molar-refractivity contribution in [3.63, 3.8) is 0 Å². The number of fused-ring (bicyclic) bond motifs is 1. The minimum Gasteiger partial charge on any atom is -0.325 e. The molecule has 1 aromatic carbocycles. The van der Waals surface area contributed by atoms with Gasteiger partial charge in [-0.2, -0.15) is 0 Å². The van der Waals surface area contributed by atoms with Crippen LogP contribution in [-0.4, -0.2) is 34.1 Å². The summed E-state index contributed by atoms with van der Waals surface area (Å²) in [5, 5.41) is -0.0974. The molecule has 0 fully saturated rings. The molecule has 20 heavy (non-hydrogen) atoms. The number of rotatable bonds is 4.